The minimum absolute atomic E-state index is 0. The van der Waals surface area contributed by atoms with Gasteiger partial charge in [-0.05, 0) is 24.3 Å². The van der Waals surface area contributed by atoms with Gasteiger partial charge in [-0.15, -0.1) is 24.8 Å². The van der Waals surface area contributed by atoms with Crippen LogP contribution >= 0.6 is 24.8 Å². The summed E-state index contributed by atoms with van der Waals surface area (Å²) >= 11 is 0. The van der Waals surface area contributed by atoms with Gasteiger partial charge < -0.3 is 10.6 Å². The average molecular weight is 395 g/mol. The van der Waals surface area contributed by atoms with Crippen molar-refractivity contribution in [2.75, 3.05) is 13.1 Å². The number of rotatable bonds is 7. The largest absolute Gasteiger partial charge is 0.312 e. The van der Waals surface area contributed by atoms with Gasteiger partial charge in [-0.1, -0.05) is 48.9 Å². The molecule has 1 aromatic heterocycles. The number of aromatic nitrogens is 2. The Labute approximate surface area is 168 Å². The maximum atomic E-state index is 4.49. The summed E-state index contributed by atoms with van der Waals surface area (Å²) in [5.74, 6) is 0.695. The van der Waals surface area contributed by atoms with Crippen molar-refractivity contribution >= 4 is 30.9 Å². The Bertz CT molecular complexity index is 710. The molecule has 0 amide bonds. The molecule has 2 fully saturated rings. The van der Waals surface area contributed by atoms with Crippen molar-refractivity contribution in [3.8, 4) is 0 Å². The third kappa shape index (κ3) is 4.89. The van der Waals surface area contributed by atoms with Crippen LogP contribution in [0.5, 0.6) is 0 Å². The van der Waals surface area contributed by atoms with E-state index in [2.05, 4.69) is 69.9 Å². The van der Waals surface area contributed by atoms with Gasteiger partial charge in [0, 0.05) is 37.4 Å². The summed E-state index contributed by atoms with van der Waals surface area (Å²) < 4.78 is 2.10. The highest BCUT2D eigenvalue weighted by Gasteiger charge is 2.38. The molecule has 1 saturated heterocycles. The smallest absolute Gasteiger partial charge is 0.0767 e. The second kappa shape index (κ2) is 9.56. The normalized spacial score (nSPS) is 22.1. The van der Waals surface area contributed by atoms with E-state index in [1.54, 1.807) is 5.57 Å². The van der Waals surface area contributed by atoms with Gasteiger partial charge in [-0.25, -0.2) is 0 Å². The Morgan fingerprint density at radius 2 is 2.04 bits per heavy atom. The van der Waals surface area contributed by atoms with Crippen LogP contribution in [-0.2, 0) is 6.54 Å². The van der Waals surface area contributed by atoms with Crippen molar-refractivity contribution in [3.05, 3.63) is 59.4 Å². The van der Waals surface area contributed by atoms with E-state index in [9.17, 15) is 0 Å². The van der Waals surface area contributed by atoms with Crippen LogP contribution in [-0.4, -0.2) is 28.9 Å². The van der Waals surface area contributed by atoms with Crippen LogP contribution < -0.4 is 10.6 Å². The highest BCUT2D eigenvalue weighted by molar-refractivity contribution is 5.85. The molecule has 4 rings (SSSR count). The minimum Gasteiger partial charge on any atom is -0.312 e. The Morgan fingerprint density at radius 3 is 2.69 bits per heavy atom. The molecule has 1 aliphatic carbocycles. The predicted molar refractivity (Wildman–Crippen MR) is 112 cm³/mol. The van der Waals surface area contributed by atoms with Gasteiger partial charge in [0.1, 0.15) is 0 Å². The first-order valence-corrected chi connectivity index (χ1v) is 9.06. The molecule has 1 aromatic carbocycles. The van der Waals surface area contributed by atoms with Gasteiger partial charge in [0.15, 0.2) is 0 Å². The van der Waals surface area contributed by atoms with Gasteiger partial charge in [0.2, 0.25) is 0 Å². The summed E-state index contributed by atoms with van der Waals surface area (Å²) in [7, 11) is 0. The van der Waals surface area contributed by atoms with Crippen molar-refractivity contribution in [2.24, 2.45) is 5.92 Å². The zero-order valence-corrected chi connectivity index (χ0v) is 16.7. The van der Waals surface area contributed by atoms with Crippen molar-refractivity contribution in [1.82, 2.24) is 20.4 Å². The van der Waals surface area contributed by atoms with E-state index in [1.165, 1.54) is 17.5 Å². The van der Waals surface area contributed by atoms with Crippen LogP contribution in [0.2, 0.25) is 0 Å². The quantitative estimate of drug-likeness (QED) is 0.749. The second-order valence-corrected chi connectivity index (χ2v) is 6.95. The van der Waals surface area contributed by atoms with Crippen molar-refractivity contribution in [3.63, 3.8) is 0 Å². The fourth-order valence-electron chi connectivity index (χ4n) is 3.44. The molecule has 0 bridgehead atoms. The lowest BCUT2D eigenvalue weighted by Gasteiger charge is -2.27. The van der Waals surface area contributed by atoms with Gasteiger partial charge >= 0.3 is 0 Å². The third-order valence-electron chi connectivity index (χ3n) is 5.18. The molecule has 1 unspecified atom stereocenters. The summed E-state index contributed by atoms with van der Waals surface area (Å²) in [5.41, 5.74) is 4.17. The molecule has 2 aromatic rings. The molecule has 0 radical (unpaired) electrons. The van der Waals surface area contributed by atoms with Crippen molar-refractivity contribution in [1.29, 1.82) is 0 Å². The maximum Gasteiger partial charge on any atom is 0.0767 e. The molecule has 1 aliphatic heterocycles. The molecule has 2 heterocycles. The van der Waals surface area contributed by atoms with Crippen molar-refractivity contribution in [2.45, 2.75) is 38.4 Å². The number of nitrogens with one attached hydrogen (secondary N) is 2. The monoisotopic (exact) mass is 394 g/mol. The number of hydrogen-bond acceptors (Lipinski definition) is 3. The fraction of sp³-hybridized carbons (Fsp3) is 0.450. The van der Waals surface area contributed by atoms with Crippen LogP contribution in [0, 0.1) is 5.92 Å². The predicted octanol–water partition coefficient (Wildman–Crippen LogP) is 3.84. The van der Waals surface area contributed by atoms with Crippen LogP contribution in [0.3, 0.4) is 0 Å². The Kier molecular flexibility index (Phi) is 7.71. The van der Waals surface area contributed by atoms with Crippen molar-refractivity contribution < 1.29 is 0 Å². The van der Waals surface area contributed by atoms with Gasteiger partial charge in [0.25, 0.3) is 0 Å². The number of hydrogen-bond donors (Lipinski definition) is 2. The lowest BCUT2D eigenvalue weighted by molar-refractivity contribution is 0.318. The third-order valence-corrected chi connectivity index (χ3v) is 5.18. The minimum atomic E-state index is 0. The molecule has 1 saturated carbocycles. The summed E-state index contributed by atoms with van der Waals surface area (Å²) in [6, 6.07) is 11.8. The van der Waals surface area contributed by atoms with Gasteiger partial charge in [-0.2, -0.15) is 5.10 Å². The first-order chi connectivity index (χ1) is 11.8. The average Bonchev–Trinajstić information content (AvgIpc) is 3.20. The van der Waals surface area contributed by atoms with E-state index < -0.39 is 0 Å². The molecule has 2 N–H and O–H groups in total. The van der Waals surface area contributed by atoms with E-state index in [0.717, 1.165) is 26.1 Å². The highest BCUT2D eigenvalue weighted by Crippen LogP contribution is 2.39. The van der Waals surface area contributed by atoms with Crippen LogP contribution in [0.4, 0.5) is 0 Å². The van der Waals surface area contributed by atoms with E-state index in [1.807, 2.05) is 6.20 Å². The zero-order valence-electron chi connectivity index (χ0n) is 15.1. The summed E-state index contributed by atoms with van der Waals surface area (Å²) in [4.78, 5) is 0. The topological polar surface area (TPSA) is 41.9 Å². The molecule has 0 spiro atoms. The van der Waals surface area contributed by atoms with E-state index >= 15 is 0 Å². The van der Waals surface area contributed by atoms with E-state index in [4.69, 9.17) is 0 Å². The molecular formula is C20H28Cl2N4. The molecule has 2 aliphatic rings. The van der Waals surface area contributed by atoms with E-state index in [-0.39, 0.29) is 24.8 Å². The second-order valence-electron chi connectivity index (χ2n) is 6.95. The molecule has 6 heteroatoms. The fourth-order valence-corrected chi connectivity index (χ4v) is 3.44. The summed E-state index contributed by atoms with van der Waals surface area (Å²) in [5, 5.41) is 11.5. The molecule has 2 atom stereocenters. The standard InChI is InChI=1S/C20H26N4.2ClH/c1-2-17(8-15-6-4-3-5-7-15)19-9-20(19)22-10-16-11-23-24(14-16)18-12-21-13-18;;/h3-8,11,14,18-22H,2,9-10,12-13H2,1H3;2*1H/t19-,20?;;/m0../s1. The lowest BCUT2D eigenvalue weighted by atomic mass is 10.0. The maximum absolute atomic E-state index is 4.49. The summed E-state index contributed by atoms with van der Waals surface area (Å²) in [6.45, 7) is 5.28. The molecule has 4 nitrogen and oxygen atoms in total. The molecule has 142 valence electrons. The number of nitrogens with zero attached hydrogens (tertiary/aromatic N) is 2. The van der Waals surface area contributed by atoms with Gasteiger partial charge in [0.05, 0.1) is 12.2 Å². The van der Waals surface area contributed by atoms with Crippen LogP contribution in [0.25, 0.3) is 6.08 Å². The first-order valence-electron chi connectivity index (χ1n) is 9.06. The molecular weight excluding hydrogens is 367 g/mol. The van der Waals surface area contributed by atoms with Crippen LogP contribution in [0.1, 0.15) is 36.9 Å². The Balaban J connectivity index is 0.00000121. The SMILES string of the molecule is CCC(=Cc1ccccc1)[C@@H]1CC1NCc1cnn(C2CNC2)c1.Cl.Cl. The Hall–Kier alpha value is -1.33. The summed E-state index contributed by atoms with van der Waals surface area (Å²) in [6.07, 6.45) is 8.95. The van der Waals surface area contributed by atoms with E-state index in [0.29, 0.717) is 18.0 Å². The molecule has 26 heavy (non-hydrogen) atoms. The highest BCUT2D eigenvalue weighted by atomic mass is 35.5. The Morgan fingerprint density at radius 1 is 1.27 bits per heavy atom. The van der Waals surface area contributed by atoms with Gasteiger partial charge in [-0.3, -0.25) is 4.68 Å². The van der Waals surface area contributed by atoms with Crippen LogP contribution in [0.15, 0.2) is 48.3 Å². The lowest BCUT2D eigenvalue weighted by Crippen LogP contribution is -2.43. The zero-order chi connectivity index (χ0) is 16.4. The number of benzene rings is 1. The number of halogens is 2. The first kappa shape index (κ1) is 21.0.